The van der Waals surface area contributed by atoms with E-state index in [-0.39, 0.29) is 11.9 Å². The van der Waals surface area contributed by atoms with Crippen molar-refractivity contribution in [2.75, 3.05) is 20.6 Å². The molecule has 1 amide bonds. The summed E-state index contributed by atoms with van der Waals surface area (Å²) in [5.41, 5.74) is 2.41. The molecule has 5 heteroatoms. The monoisotopic (exact) mass is 322 g/mol. The molecule has 0 unspecified atom stereocenters. The molecule has 1 aromatic heterocycles. The molecule has 0 saturated carbocycles. The normalized spacial score (nSPS) is 12.4. The van der Waals surface area contributed by atoms with Crippen LogP contribution in [-0.2, 0) is 0 Å². The summed E-state index contributed by atoms with van der Waals surface area (Å²) in [5, 5.41) is 5.30. The highest BCUT2D eigenvalue weighted by Gasteiger charge is 2.17. The SMILES string of the molecule is Cc1cccc([C@@H](CNC(=O)c2sccc2Cl)N(C)C)c1. The first kappa shape index (κ1) is 16.0. The molecule has 0 aliphatic rings. The molecule has 0 fully saturated rings. The highest BCUT2D eigenvalue weighted by Crippen LogP contribution is 2.23. The third kappa shape index (κ3) is 4.06. The molecule has 21 heavy (non-hydrogen) atoms. The maximum absolute atomic E-state index is 12.1. The molecule has 0 aliphatic carbocycles. The molecule has 0 saturated heterocycles. The minimum absolute atomic E-state index is 0.116. The number of halogens is 1. The Morgan fingerprint density at radius 1 is 1.38 bits per heavy atom. The van der Waals surface area contributed by atoms with E-state index in [0.717, 1.165) is 0 Å². The highest BCUT2D eigenvalue weighted by atomic mass is 35.5. The van der Waals surface area contributed by atoms with Gasteiger partial charge in [-0.25, -0.2) is 0 Å². The molecular weight excluding hydrogens is 304 g/mol. The molecule has 1 N–H and O–H groups in total. The topological polar surface area (TPSA) is 32.3 Å². The molecule has 1 heterocycles. The van der Waals surface area contributed by atoms with Gasteiger partial charge in [0, 0.05) is 6.54 Å². The molecule has 2 rings (SSSR count). The zero-order chi connectivity index (χ0) is 15.4. The zero-order valence-electron chi connectivity index (χ0n) is 12.4. The Balaban J connectivity index is 2.08. The molecular formula is C16H19ClN2OS. The van der Waals surface area contributed by atoms with E-state index < -0.39 is 0 Å². The number of carbonyl (C=O) groups is 1. The molecule has 0 bridgehead atoms. The summed E-state index contributed by atoms with van der Waals surface area (Å²) >= 11 is 7.35. The van der Waals surface area contributed by atoms with Gasteiger partial charge in [-0.1, -0.05) is 41.4 Å². The summed E-state index contributed by atoms with van der Waals surface area (Å²) in [4.78, 5) is 14.8. The first-order chi connectivity index (χ1) is 9.99. The third-order valence-corrected chi connectivity index (χ3v) is 4.67. The molecule has 0 spiro atoms. The first-order valence-electron chi connectivity index (χ1n) is 6.73. The average Bonchev–Trinajstić information content (AvgIpc) is 2.85. The van der Waals surface area contributed by atoms with Gasteiger partial charge in [0.2, 0.25) is 0 Å². The van der Waals surface area contributed by atoms with Crippen LogP contribution in [0.3, 0.4) is 0 Å². The lowest BCUT2D eigenvalue weighted by Gasteiger charge is -2.25. The quantitative estimate of drug-likeness (QED) is 0.909. The molecule has 0 aliphatic heterocycles. The van der Waals surface area contributed by atoms with Crippen molar-refractivity contribution < 1.29 is 4.79 Å². The van der Waals surface area contributed by atoms with E-state index in [1.165, 1.54) is 22.5 Å². The number of carbonyl (C=O) groups excluding carboxylic acids is 1. The molecule has 0 radical (unpaired) electrons. The fourth-order valence-electron chi connectivity index (χ4n) is 2.20. The van der Waals surface area contributed by atoms with Crippen LogP contribution in [-0.4, -0.2) is 31.4 Å². The lowest BCUT2D eigenvalue weighted by molar-refractivity contribution is 0.0946. The van der Waals surface area contributed by atoms with Crippen LogP contribution in [0.5, 0.6) is 0 Å². The van der Waals surface area contributed by atoms with E-state index in [1.807, 2.05) is 25.5 Å². The van der Waals surface area contributed by atoms with Crippen molar-refractivity contribution in [3.8, 4) is 0 Å². The number of rotatable bonds is 5. The Hall–Kier alpha value is -1.36. The first-order valence-corrected chi connectivity index (χ1v) is 7.99. The Morgan fingerprint density at radius 3 is 2.71 bits per heavy atom. The molecule has 112 valence electrons. The zero-order valence-corrected chi connectivity index (χ0v) is 14.0. The van der Waals surface area contributed by atoms with Crippen molar-refractivity contribution in [2.24, 2.45) is 0 Å². The van der Waals surface area contributed by atoms with E-state index in [0.29, 0.717) is 16.4 Å². The van der Waals surface area contributed by atoms with E-state index in [1.54, 1.807) is 6.07 Å². The van der Waals surface area contributed by atoms with Gasteiger partial charge in [-0.15, -0.1) is 11.3 Å². The standard InChI is InChI=1S/C16H19ClN2OS/c1-11-5-4-6-12(9-11)14(19(2)3)10-18-16(20)15-13(17)7-8-21-15/h4-9,14H,10H2,1-3H3,(H,18,20)/t14-/m1/s1. The number of aryl methyl sites for hydroxylation is 1. The Morgan fingerprint density at radius 2 is 2.14 bits per heavy atom. The van der Waals surface area contributed by atoms with Crippen molar-refractivity contribution in [3.63, 3.8) is 0 Å². The summed E-state index contributed by atoms with van der Waals surface area (Å²) in [5.74, 6) is -0.116. The van der Waals surface area contributed by atoms with Gasteiger partial charge in [0.15, 0.2) is 0 Å². The lowest BCUT2D eigenvalue weighted by Crippen LogP contribution is -2.34. The fourth-order valence-corrected chi connectivity index (χ4v) is 3.26. The van der Waals surface area contributed by atoms with Crippen LogP contribution < -0.4 is 5.32 Å². The number of likely N-dealkylation sites (N-methyl/N-ethyl adjacent to an activating group) is 1. The maximum Gasteiger partial charge on any atom is 0.262 e. The van der Waals surface area contributed by atoms with Crippen LogP contribution >= 0.6 is 22.9 Å². The maximum atomic E-state index is 12.1. The van der Waals surface area contributed by atoms with Crippen LogP contribution in [0.15, 0.2) is 35.7 Å². The Kier molecular flexibility index (Phi) is 5.39. The van der Waals surface area contributed by atoms with Crippen molar-refractivity contribution in [3.05, 3.63) is 56.7 Å². The van der Waals surface area contributed by atoms with Gasteiger partial charge in [0.1, 0.15) is 4.88 Å². The number of nitrogens with zero attached hydrogens (tertiary/aromatic N) is 1. The van der Waals surface area contributed by atoms with Crippen molar-refractivity contribution >= 4 is 28.8 Å². The lowest BCUT2D eigenvalue weighted by atomic mass is 10.0. The van der Waals surface area contributed by atoms with Gasteiger partial charge in [0.05, 0.1) is 11.1 Å². The van der Waals surface area contributed by atoms with E-state index >= 15 is 0 Å². The molecule has 1 aromatic carbocycles. The predicted octanol–water partition coefficient (Wildman–Crippen LogP) is 3.74. The summed E-state index contributed by atoms with van der Waals surface area (Å²) in [6.07, 6.45) is 0. The molecule has 2 aromatic rings. The average molecular weight is 323 g/mol. The number of nitrogens with one attached hydrogen (secondary N) is 1. The van der Waals surface area contributed by atoms with Gasteiger partial charge < -0.3 is 10.2 Å². The summed E-state index contributed by atoms with van der Waals surface area (Å²) in [7, 11) is 4.02. The van der Waals surface area contributed by atoms with Gasteiger partial charge in [0.25, 0.3) is 5.91 Å². The van der Waals surface area contributed by atoms with Gasteiger partial charge in [-0.3, -0.25) is 4.79 Å². The Bertz CT molecular complexity index is 624. The minimum Gasteiger partial charge on any atom is -0.349 e. The predicted molar refractivity (Wildman–Crippen MR) is 89.3 cm³/mol. The van der Waals surface area contributed by atoms with E-state index in [2.05, 4.69) is 35.3 Å². The van der Waals surface area contributed by atoms with Crippen LogP contribution in [0.4, 0.5) is 0 Å². The number of thiophene rings is 1. The number of amides is 1. The van der Waals surface area contributed by atoms with Gasteiger partial charge in [-0.05, 0) is 38.0 Å². The summed E-state index contributed by atoms with van der Waals surface area (Å²) in [6, 6.07) is 10.2. The molecule has 3 nitrogen and oxygen atoms in total. The van der Waals surface area contributed by atoms with Crippen LogP contribution in [0.2, 0.25) is 5.02 Å². The van der Waals surface area contributed by atoms with Gasteiger partial charge >= 0.3 is 0 Å². The third-order valence-electron chi connectivity index (χ3n) is 3.33. The number of benzene rings is 1. The Labute approximate surface area is 134 Å². The largest absolute Gasteiger partial charge is 0.349 e. The highest BCUT2D eigenvalue weighted by molar-refractivity contribution is 7.12. The van der Waals surface area contributed by atoms with Crippen LogP contribution in [0.1, 0.15) is 26.8 Å². The summed E-state index contributed by atoms with van der Waals surface area (Å²) < 4.78 is 0. The smallest absolute Gasteiger partial charge is 0.262 e. The van der Waals surface area contributed by atoms with Crippen molar-refractivity contribution in [2.45, 2.75) is 13.0 Å². The van der Waals surface area contributed by atoms with Gasteiger partial charge in [-0.2, -0.15) is 0 Å². The second-order valence-electron chi connectivity index (χ2n) is 5.20. The molecule has 1 atom stereocenters. The fraction of sp³-hybridized carbons (Fsp3) is 0.312. The van der Waals surface area contributed by atoms with E-state index in [9.17, 15) is 4.79 Å². The second-order valence-corrected chi connectivity index (χ2v) is 6.52. The van der Waals surface area contributed by atoms with Crippen molar-refractivity contribution in [1.29, 1.82) is 0 Å². The van der Waals surface area contributed by atoms with Crippen molar-refractivity contribution in [1.82, 2.24) is 10.2 Å². The van der Waals surface area contributed by atoms with Crippen LogP contribution in [0, 0.1) is 6.92 Å². The van der Waals surface area contributed by atoms with Crippen LogP contribution in [0.25, 0.3) is 0 Å². The van der Waals surface area contributed by atoms with E-state index in [4.69, 9.17) is 11.6 Å². The number of hydrogen-bond donors (Lipinski definition) is 1. The summed E-state index contributed by atoms with van der Waals surface area (Å²) in [6.45, 7) is 2.61. The second kappa shape index (κ2) is 7.07. The minimum atomic E-state index is -0.116. The number of hydrogen-bond acceptors (Lipinski definition) is 3.